The highest BCUT2D eigenvalue weighted by atomic mass is 31.2. The van der Waals surface area contributed by atoms with Crippen LogP contribution in [0.15, 0.2) is 36.4 Å². The van der Waals surface area contributed by atoms with Crippen molar-refractivity contribution >= 4 is 7.82 Å². The lowest BCUT2D eigenvalue weighted by molar-refractivity contribution is 0.235. The molecule has 1 rings (SSSR count). The smallest absolute Gasteiger partial charge is 0.303 e. The third-order valence-corrected chi connectivity index (χ3v) is 1.38. The van der Waals surface area contributed by atoms with Crippen LogP contribution < -0.4 is 0 Å². The number of rotatable bonds is 1. The van der Waals surface area contributed by atoms with Crippen LogP contribution in [0.1, 0.15) is 0 Å². The van der Waals surface area contributed by atoms with Crippen LogP contribution in [0.25, 0.3) is 0 Å². The van der Waals surface area contributed by atoms with Gasteiger partial charge in [-0.05, 0) is 0 Å². The molecule has 0 atom stereocenters. The van der Waals surface area contributed by atoms with E-state index in [1.54, 1.807) is 0 Å². The molecule has 0 spiro atoms. The standard InChI is InChI=1S/C6H6.CH5O4P/c1-2-4-6-5-3-1;1-5-6(2,3)4/h1-6H;1H3,(H2,2,3,4). The van der Waals surface area contributed by atoms with Gasteiger partial charge >= 0.3 is 7.82 Å². The van der Waals surface area contributed by atoms with Crippen molar-refractivity contribution in [2.45, 2.75) is 0 Å². The van der Waals surface area contributed by atoms with E-state index in [9.17, 15) is 4.57 Å². The summed E-state index contributed by atoms with van der Waals surface area (Å²) < 4.78 is 13.1. The maximum absolute atomic E-state index is 9.47. The lowest BCUT2D eigenvalue weighted by Crippen LogP contribution is -1.76. The number of hydrogen-bond donors (Lipinski definition) is 2. The van der Waals surface area contributed by atoms with E-state index in [0.29, 0.717) is 0 Å². The molecule has 0 bridgehead atoms. The van der Waals surface area contributed by atoms with Crippen LogP contribution in [0.5, 0.6) is 0 Å². The van der Waals surface area contributed by atoms with Gasteiger partial charge in [0, 0.05) is 7.11 Å². The molecule has 5 heteroatoms. The summed E-state index contributed by atoms with van der Waals surface area (Å²) >= 11 is 0. The molecule has 68 valence electrons. The van der Waals surface area contributed by atoms with E-state index < -0.39 is 7.82 Å². The van der Waals surface area contributed by atoms with Gasteiger partial charge in [-0.3, -0.25) is 4.52 Å². The molecule has 1 aromatic rings. The second-order valence-electron chi connectivity index (χ2n) is 1.83. The van der Waals surface area contributed by atoms with Crippen LogP contribution in [-0.2, 0) is 9.09 Å². The maximum atomic E-state index is 9.47. The Labute approximate surface area is 71.1 Å². The Hall–Kier alpha value is -0.670. The predicted octanol–water partition coefficient (Wildman–Crippen LogP) is 1.41. The molecule has 2 N–H and O–H groups in total. The van der Waals surface area contributed by atoms with Crippen LogP contribution in [0, 0.1) is 0 Å². The van der Waals surface area contributed by atoms with E-state index >= 15 is 0 Å². The van der Waals surface area contributed by atoms with Gasteiger partial charge in [-0.2, -0.15) is 0 Å². The minimum absolute atomic E-state index is 0.945. The molecule has 4 nitrogen and oxygen atoms in total. The van der Waals surface area contributed by atoms with Crippen molar-refractivity contribution in [2.24, 2.45) is 0 Å². The third kappa shape index (κ3) is 9.33. The average Bonchev–Trinajstić information content (AvgIpc) is 2.07. The van der Waals surface area contributed by atoms with Crippen molar-refractivity contribution < 1.29 is 18.9 Å². The van der Waals surface area contributed by atoms with Crippen LogP contribution in [0.3, 0.4) is 0 Å². The first kappa shape index (κ1) is 11.3. The monoisotopic (exact) mass is 190 g/mol. The fraction of sp³-hybridized carbons (Fsp3) is 0.143. The Morgan fingerprint density at radius 2 is 1.17 bits per heavy atom. The van der Waals surface area contributed by atoms with Gasteiger partial charge in [-0.25, -0.2) is 4.57 Å². The molecule has 0 radical (unpaired) electrons. The average molecular weight is 190 g/mol. The summed E-state index contributed by atoms with van der Waals surface area (Å²) in [5.41, 5.74) is 0. The summed E-state index contributed by atoms with van der Waals surface area (Å²) in [4.78, 5) is 15.4. The van der Waals surface area contributed by atoms with Crippen molar-refractivity contribution in [2.75, 3.05) is 7.11 Å². The van der Waals surface area contributed by atoms with Crippen LogP contribution in [-0.4, -0.2) is 16.9 Å². The number of hydrogen-bond acceptors (Lipinski definition) is 2. The van der Waals surface area contributed by atoms with Crippen LogP contribution in [0.2, 0.25) is 0 Å². The Morgan fingerprint density at radius 3 is 1.25 bits per heavy atom. The molecule has 0 heterocycles. The topological polar surface area (TPSA) is 66.8 Å². The highest BCUT2D eigenvalue weighted by Gasteiger charge is 2.07. The van der Waals surface area contributed by atoms with Gasteiger partial charge in [0.25, 0.3) is 0 Å². The fourth-order valence-electron chi connectivity index (χ4n) is 0.385. The molecule has 0 fully saturated rings. The molecule has 0 unspecified atom stereocenters. The molecule has 0 aliphatic carbocycles. The van der Waals surface area contributed by atoms with Crippen LogP contribution >= 0.6 is 7.82 Å². The first-order chi connectivity index (χ1) is 5.56. The lowest BCUT2D eigenvalue weighted by atomic mass is 10.4. The van der Waals surface area contributed by atoms with E-state index in [1.165, 1.54) is 0 Å². The molecule has 0 aliphatic rings. The minimum atomic E-state index is -4.15. The number of phosphoric ester groups is 1. The second-order valence-corrected chi connectivity index (χ2v) is 3.17. The normalized spacial score (nSPS) is 9.92. The lowest BCUT2D eigenvalue weighted by Gasteiger charge is -1.93. The summed E-state index contributed by atoms with van der Waals surface area (Å²) in [6.45, 7) is 0. The van der Waals surface area contributed by atoms with E-state index in [4.69, 9.17) is 9.79 Å². The SMILES string of the molecule is COP(=O)(O)O.c1ccccc1. The van der Waals surface area contributed by atoms with Crippen molar-refractivity contribution in [1.82, 2.24) is 0 Å². The molecule has 0 saturated carbocycles. The van der Waals surface area contributed by atoms with Crippen molar-refractivity contribution in [3.63, 3.8) is 0 Å². The van der Waals surface area contributed by atoms with Crippen molar-refractivity contribution in [3.05, 3.63) is 36.4 Å². The zero-order chi connectivity index (χ0) is 9.45. The van der Waals surface area contributed by atoms with Gasteiger partial charge < -0.3 is 9.79 Å². The molecule has 0 aliphatic heterocycles. The Morgan fingerprint density at radius 1 is 1.00 bits per heavy atom. The molecule has 0 saturated heterocycles. The Kier molecular flexibility index (Phi) is 5.58. The summed E-state index contributed by atoms with van der Waals surface area (Å²) in [5.74, 6) is 0. The van der Waals surface area contributed by atoms with Gasteiger partial charge in [0.05, 0.1) is 0 Å². The molecule has 0 amide bonds. The highest BCUT2D eigenvalue weighted by molar-refractivity contribution is 7.46. The quantitative estimate of drug-likeness (QED) is 0.657. The first-order valence-electron chi connectivity index (χ1n) is 3.17. The summed E-state index contributed by atoms with van der Waals surface area (Å²) in [5, 5.41) is 0. The summed E-state index contributed by atoms with van der Waals surface area (Å²) in [7, 11) is -3.20. The highest BCUT2D eigenvalue weighted by Crippen LogP contribution is 2.33. The van der Waals surface area contributed by atoms with Gasteiger partial charge in [0.15, 0.2) is 0 Å². The third-order valence-electron chi connectivity index (χ3n) is 0.905. The predicted molar refractivity (Wildman–Crippen MR) is 45.5 cm³/mol. The maximum Gasteiger partial charge on any atom is 0.469 e. The van der Waals surface area contributed by atoms with E-state index in [2.05, 4.69) is 4.52 Å². The first-order valence-corrected chi connectivity index (χ1v) is 4.70. The van der Waals surface area contributed by atoms with Gasteiger partial charge in [-0.1, -0.05) is 36.4 Å². The largest absolute Gasteiger partial charge is 0.469 e. The minimum Gasteiger partial charge on any atom is -0.303 e. The molecular formula is C7H11O4P. The summed E-state index contributed by atoms with van der Waals surface area (Å²) in [6, 6.07) is 12.0. The van der Waals surface area contributed by atoms with Gasteiger partial charge in [0.2, 0.25) is 0 Å². The second kappa shape index (κ2) is 5.91. The van der Waals surface area contributed by atoms with Gasteiger partial charge in [0.1, 0.15) is 0 Å². The van der Waals surface area contributed by atoms with E-state index in [-0.39, 0.29) is 0 Å². The van der Waals surface area contributed by atoms with E-state index in [1.807, 2.05) is 36.4 Å². The Balaban J connectivity index is 0.000000202. The zero-order valence-electron chi connectivity index (χ0n) is 6.62. The molecule has 1 aromatic carbocycles. The fourth-order valence-corrected chi connectivity index (χ4v) is 0.385. The van der Waals surface area contributed by atoms with E-state index in [0.717, 1.165) is 7.11 Å². The molecular weight excluding hydrogens is 179 g/mol. The number of phosphoric acid groups is 1. The molecule has 0 aromatic heterocycles. The van der Waals surface area contributed by atoms with Crippen LogP contribution in [0.4, 0.5) is 0 Å². The summed E-state index contributed by atoms with van der Waals surface area (Å²) in [6.07, 6.45) is 0. The van der Waals surface area contributed by atoms with Crippen molar-refractivity contribution in [1.29, 1.82) is 0 Å². The Bertz CT molecular complexity index is 204. The van der Waals surface area contributed by atoms with Gasteiger partial charge in [-0.15, -0.1) is 0 Å². The number of benzene rings is 1. The van der Waals surface area contributed by atoms with Crippen molar-refractivity contribution in [3.8, 4) is 0 Å². The molecule has 12 heavy (non-hydrogen) atoms. The zero-order valence-corrected chi connectivity index (χ0v) is 7.52.